The first-order valence-corrected chi connectivity index (χ1v) is 6.14. The summed E-state index contributed by atoms with van der Waals surface area (Å²) in [4.78, 5) is 12.4. The Balaban J connectivity index is 1.95. The molecule has 0 atom stereocenters. The zero-order valence-corrected chi connectivity index (χ0v) is 10.3. The van der Waals surface area contributed by atoms with Crippen LogP contribution >= 0.6 is 11.3 Å². The number of nitrogen functional groups attached to an aromatic ring is 1. The maximum atomic E-state index is 5.35. The van der Waals surface area contributed by atoms with E-state index in [1.807, 2.05) is 17.8 Å². The molecule has 0 aromatic carbocycles. The molecule has 0 fully saturated rings. The van der Waals surface area contributed by atoms with E-state index in [9.17, 15) is 0 Å². The lowest BCUT2D eigenvalue weighted by Crippen LogP contribution is -2.13. The molecule has 2 heterocycles. The quantitative estimate of drug-likeness (QED) is 0.545. The molecule has 6 nitrogen and oxygen atoms in total. The van der Waals surface area contributed by atoms with Crippen LogP contribution in [0.15, 0.2) is 17.2 Å². The van der Waals surface area contributed by atoms with E-state index in [1.165, 1.54) is 6.33 Å². The Labute approximate surface area is 103 Å². The minimum Gasteiger partial charge on any atom is -0.369 e. The minimum absolute atomic E-state index is 0.635. The molecule has 0 aliphatic rings. The lowest BCUT2D eigenvalue weighted by molar-refractivity contribution is 0.959. The van der Waals surface area contributed by atoms with Crippen LogP contribution in [0.3, 0.4) is 0 Å². The van der Waals surface area contributed by atoms with Crippen LogP contribution in [0, 0.1) is 6.92 Å². The Morgan fingerprint density at radius 2 is 2.12 bits per heavy atom. The number of anilines is 2. The fourth-order valence-corrected chi connectivity index (χ4v) is 2.04. The normalized spacial score (nSPS) is 10.2. The molecule has 2 aromatic rings. The van der Waals surface area contributed by atoms with Gasteiger partial charge >= 0.3 is 0 Å². The van der Waals surface area contributed by atoms with Crippen molar-refractivity contribution in [2.45, 2.75) is 13.3 Å². The third-order valence-corrected chi connectivity index (χ3v) is 3.01. The summed E-state index contributed by atoms with van der Waals surface area (Å²) in [5, 5.41) is 5.29. The van der Waals surface area contributed by atoms with Crippen molar-refractivity contribution in [2.24, 2.45) is 5.84 Å². The first-order chi connectivity index (χ1) is 8.31. The number of nitrogens with one attached hydrogen (secondary N) is 2. The lowest BCUT2D eigenvalue weighted by Gasteiger charge is -2.10. The molecule has 0 bridgehead atoms. The molecule has 0 saturated heterocycles. The summed E-state index contributed by atoms with van der Waals surface area (Å²) < 4.78 is 0. The van der Waals surface area contributed by atoms with Gasteiger partial charge in [0.05, 0.1) is 11.2 Å². The number of nitrogens with two attached hydrogens (primary N) is 1. The van der Waals surface area contributed by atoms with Crippen molar-refractivity contribution < 1.29 is 0 Å². The average molecular weight is 250 g/mol. The van der Waals surface area contributed by atoms with Gasteiger partial charge in [-0.1, -0.05) is 0 Å². The average Bonchev–Trinajstić information content (AvgIpc) is 2.84. The summed E-state index contributed by atoms with van der Waals surface area (Å²) >= 11 is 1.60. The van der Waals surface area contributed by atoms with Gasteiger partial charge in [-0.2, -0.15) is 0 Å². The van der Waals surface area contributed by atoms with Crippen LogP contribution in [0.25, 0.3) is 0 Å². The standard InChI is InChI=1S/C10H14N6S/c1-7-9(13-5-14-10(7)16-11)12-3-2-8-4-17-6-15-8/h4-6H,2-3,11H2,1H3,(H2,12,13,14,16). The molecule has 0 amide bonds. The highest BCUT2D eigenvalue weighted by Crippen LogP contribution is 2.16. The largest absolute Gasteiger partial charge is 0.369 e. The van der Waals surface area contributed by atoms with Gasteiger partial charge in [0.1, 0.15) is 18.0 Å². The maximum Gasteiger partial charge on any atom is 0.148 e. The lowest BCUT2D eigenvalue weighted by atomic mass is 10.3. The van der Waals surface area contributed by atoms with Gasteiger partial charge in [0.25, 0.3) is 0 Å². The van der Waals surface area contributed by atoms with Gasteiger partial charge in [-0.25, -0.2) is 20.8 Å². The molecule has 0 saturated carbocycles. The van der Waals surface area contributed by atoms with Crippen LogP contribution in [-0.2, 0) is 6.42 Å². The van der Waals surface area contributed by atoms with Gasteiger partial charge in [0.15, 0.2) is 0 Å². The van der Waals surface area contributed by atoms with E-state index in [1.54, 1.807) is 11.3 Å². The number of nitrogens with zero attached hydrogens (tertiary/aromatic N) is 3. The van der Waals surface area contributed by atoms with Crippen LogP contribution in [0.4, 0.5) is 11.6 Å². The highest BCUT2D eigenvalue weighted by atomic mass is 32.1. The number of hydrazine groups is 1. The Hall–Kier alpha value is -1.73. The van der Waals surface area contributed by atoms with Gasteiger partial charge in [-0.05, 0) is 6.92 Å². The van der Waals surface area contributed by atoms with Crippen molar-refractivity contribution >= 4 is 23.0 Å². The zero-order chi connectivity index (χ0) is 12.1. The summed E-state index contributed by atoms with van der Waals surface area (Å²) in [7, 11) is 0. The number of hydrogen-bond acceptors (Lipinski definition) is 7. The Bertz CT molecular complexity index is 470. The molecule has 4 N–H and O–H groups in total. The molecule has 7 heteroatoms. The molecule has 90 valence electrons. The van der Waals surface area contributed by atoms with E-state index < -0.39 is 0 Å². The predicted octanol–water partition coefficient (Wildman–Crippen LogP) is 1.18. The molecule has 0 radical (unpaired) electrons. The predicted molar refractivity (Wildman–Crippen MR) is 68.9 cm³/mol. The summed E-state index contributed by atoms with van der Waals surface area (Å²) in [5.41, 5.74) is 6.37. The van der Waals surface area contributed by atoms with Gasteiger partial charge in [-0.3, -0.25) is 0 Å². The van der Waals surface area contributed by atoms with Crippen LogP contribution < -0.4 is 16.6 Å². The second kappa shape index (κ2) is 5.55. The van der Waals surface area contributed by atoms with Crippen molar-refractivity contribution in [3.8, 4) is 0 Å². The fraction of sp³-hybridized carbons (Fsp3) is 0.300. The smallest absolute Gasteiger partial charge is 0.148 e. The topological polar surface area (TPSA) is 88.8 Å². The van der Waals surface area contributed by atoms with Crippen LogP contribution in [0.1, 0.15) is 11.3 Å². The SMILES string of the molecule is Cc1c(NN)ncnc1NCCc1cscn1. The maximum absolute atomic E-state index is 5.35. The van der Waals surface area contributed by atoms with Crippen molar-refractivity contribution in [1.82, 2.24) is 15.0 Å². The summed E-state index contributed by atoms with van der Waals surface area (Å²) in [6, 6.07) is 0. The van der Waals surface area contributed by atoms with Crippen molar-refractivity contribution in [3.05, 3.63) is 28.5 Å². The molecule has 17 heavy (non-hydrogen) atoms. The Kier molecular flexibility index (Phi) is 3.84. The van der Waals surface area contributed by atoms with E-state index in [-0.39, 0.29) is 0 Å². The van der Waals surface area contributed by atoms with E-state index >= 15 is 0 Å². The second-order valence-corrected chi connectivity index (χ2v) is 4.22. The molecular weight excluding hydrogens is 236 g/mol. The Morgan fingerprint density at radius 3 is 2.82 bits per heavy atom. The van der Waals surface area contributed by atoms with Gasteiger partial charge in [0.2, 0.25) is 0 Å². The number of hydrogen-bond donors (Lipinski definition) is 3. The third-order valence-electron chi connectivity index (χ3n) is 2.38. The number of rotatable bonds is 5. The first-order valence-electron chi connectivity index (χ1n) is 5.20. The molecule has 0 unspecified atom stereocenters. The molecule has 0 aliphatic heterocycles. The summed E-state index contributed by atoms with van der Waals surface area (Å²) in [5.74, 6) is 6.78. The summed E-state index contributed by atoms with van der Waals surface area (Å²) in [6.45, 7) is 2.70. The molecule has 0 spiro atoms. The second-order valence-electron chi connectivity index (χ2n) is 3.50. The van der Waals surface area contributed by atoms with Gasteiger partial charge < -0.3 is 10.7 Å². The van der Waals surface area contributed by atoms with E-state index in [4.69, 9.17) is 5.84 Å². The van der Waals surface area contributed by atoms with E-state index in [2.05, 4.69) is 25.7 Å². The molecule has 2 aromatic heterocycles. The van der Waals surface area contributed by atoms with Crippen molar-refractivity contribution in [3.63, 3.8) is 0 Å². The highest BCUT2D eigenvalue weighted by molar-refractivity contribution is 7.07. The van der Waals surface area contributed by atoms with Crippen LogP contribution in [0.2, 0.25) is 0 Å². The van der Waals surface area contributed by atoms with Crippen LogP contribution in [0.5, 0.6) is 0 Å². The minimum atomic E-state index is 0.635. The van der Waals surface area contributed by atoms with Gasteiger partial charge in [-0.15, -0.1) is 11.3 Å². The first kappa shape index (κ1) is 11.7. The van der Waals surface area contributed by atoms with E-state index in [0.717, 1.165) is 30.0 Å². The number of aromatic nitrogens is 3. The molecule has 0 aliphatic carbocycles. The van der Waals surface area contributed by atoms with E-state index in [0.29, 0.717) is 5.82 Å². The zero-order valence-electron chi connectivity index (χ0n) is 9.47. The summed E-state index contributed by atoms with van der Waals surface area (Å²) in [6.07, 6.45) is 2.35. The fourth-order valence-electron chi connectivity index (χ4n) is 1.44. The van der Waals surface area contributed by atoms with Crippen LogP contribution in [-0.4, -0.2) is 21.5 Å². The van der Waals surface area contributed by atoms with Crippen molar-refractivity contribution in [1.29, 1.82) is 0 Å². The monoisotopic (exact) mass is 250 g/mol. The Morgan fingerprint density at radius 1 is 1.29 bits per heavy atom. The third kappa shape index (κ3) is 2.89. The number of thiazole rings is 1. The highest BCUT2D eigenvalue weighted by Gasteiger charge is 2.05. The molecular formula is C10H14N6S. The van der Waals surface area contributed by atoms with Crippen molar-refractivity contribution in [2.75, 3.05) is 17.3 Å². The molecule has 2 rings (SSSR count). The van der Waals surface area contributed by atoms with Gasteiger partial charge in [0, 0.05) is 23.9 Å².